The fraction of sp³-hybridized carbons (Fsp3) is 0.364. The molecule has 0 aromatic heterocycles. The Morgan fingerprint density at radius 3 is 2.39 bits per heavy atom. The predicted octanol–water partition coefficient (Wildman–Crippen LogP) is 4.54. The van der Waals surface area contributed by atoms with E-state index in [1.54, 1.807) is 49.4 Å². The van der Waals surface area contributed by atoms with Crippen molar-refractivity contribution in [2.24, 2.45) is 0 Å². The number of hydrogen-bond acceptors (Lipinski definition) is 5. The zero-order chi connectivity index (χ0) is 20.4. The van der Waals surface area contributed by atoms with Gasteiger partial charge in [0.15, 0.2) is 17.6 Å². The molecule has 0 spiro atoms. The van der Waals surface area contributed by atoms with Crippen molar-refractivity contribution in [2.45, 2.75) is 39.7 Å². The monoisotopic (exact) mass is 382 g/mol. The van der Waals surface area contributed by atoms with Gasteiger partial charge in [-0.05, 0) is 44.0 Å². The van der Waals surface area contributed by atoms with Gasteiger partial charge < -0.3 is 19.5 Å². The van der Waals surface area contributed by atoms with E-state index in [0.717, 1.165) is 12.8 Å². The molecule has 0 aliphatic carbocycles. The van der Waals surface area contributed by atoms with Crippen LogP contribution < -0.4 is 19.5 Å². The first-order valence-electron chi connectivity index (χ1n) is 9.45. The Kier molecular flexibility index (Phi) is 8.16. The summed E-state index contributed by atoms with van der Waals surface area (Å²) in [5, 5.41) is 12.0. The first-order valence-corrected chi connectivity index (χ1v) is 9.45. The lowest BCUT2D eigenvalue weighted by molar-refractivity contribution is -0.122. The van der Waals surface area contributed by atoms with E-state index in [-0.39, 0.29) is 5.91 Å². The molecule has 0 aliphatic rings. The van der Waals surface area contributed by atoms with Gasteiger partial charge in [0, 0.05) is 11.8 Å². The van der Waals surface area contributed by atoms with Gasteiger partial charge in [-0.15, -0.1) is 0 Å². The van der Waals surface area contributed by atoms with Crippen LogP contribution in [0, 0.1) is 11.3 Å². The average molecular weight is 382 g/mol. The van der Waals surface area contributed by atoms with E-state index in [9.17, 15) is 4.79 Å². The molecule has 0 bridgehead atoms. The molecule has 0 saturated carbocycles. The number of benzene rings is 2. The predicted molar refractivity (Wildman–Crippen MR) is 108 cm³/mol. The average Bonchev–Trinajstić information content (AvgIpc) is 2.71. The Bertz CT molecular complexity index is 830. The van der Waals surface area contributed by atoms with Crippen molar-refractivity contribution in [3.05, 3.63) is 48.0 Å². The molecule has 0 saturated heterocycles. The maximum atomic E-state index is 12.5. The molecule has 148 valence electrons. The number of hydrogen-bond donors (Lipinski definition) is 1. The summed E-state index contributed by atoms with van der Waals surface area (Å²) >= 11 is 0. The van der Waals surface area contributed by atoms with Gasteiger partial charge in [0.2, 0.25) is 0 Å². The highest BCUT2D eigenvalue weighted by atomic mass is 16.5. The van der Waals surface area contributed by atoms with Gasteiger partial charge in [-0.1, -0.05) is 26.0 Å². The number of nitrogens with zero attached hydrogens (tertiary/aromatic N) is 1. The van der Waals surface area contributed by atoms with Gasteiger partial charge in [0.1, 0.15) is 11.8 Å². The summed E-state index contributed by atoms with van der Waals surface area (Å²) in [5.74, 6) is 1.30. The number of para-hydroxylation sites is 1. The minimum Gasteiger partial charge on any atom is -0.490 e. The number of nitrogens with one attached hydrogen (secondary N) is 1. The number of amides is 1. The third kappa shape index (κ3) is 5.92. The summed E-state index contributed by atoms with van der Waals surface area (Å²) in [6.45, 7) is 6.85. The van der Waals surface area contributed by atoms with Gasteiger partial charge in [0.25, 0.3) is 5.91 Å². The lowest BCUT2D eigenvalue weighted by Crippen LogP contribution is -2.30. The molecule has 1 unspecified atom stereocenters. The fourth-order valence-corrected chi connectivity index (χ4v) is 2.39. The van der Waals surface area contributed by atoms with Crippen LogP contribution >= 0.6 is 0 Å². The summed E-state index contributed by atoms with van der Waals surface area (Å²) in [5.41, 5.74) is 0.971. The van der Waals surface area contributed by atoms with Crippen molar-refractivity contribution < 1.29 is 19.0 Å². The molecule has 1 amide bonds. The normalized spacial score (nSPS) is 11.2. The molecule has 1 N–H and O–H groups in total. The zero-order valence-corrected chi connectivity index (χ0v) is 16.5. The Labute approximate surface area is 166 Å². The van der Waals surface area contributed by atoms with Crippen LogP contribution in [-0.4, -0.2) is 25.2 Å². The SMILES string of the molecule is CCCOc1ccc(NC(=O)C(C)Oc2ccccc2C#N)cc1OCCC. The summed E-state index contributed by atoms with van der Waals surface area (Å²) < 4.78 is 17.1. The molecule has 0 radical (unpaired) electrons. The molecule has 2 aromatic rings. The molecular weight excluding hydrogens is 356 g/mol. The Morgan fingerprint density at radius 2 is 1.71 bits per heavy atom. The van der Waals surface area contributed by atoms with Crippen LogP contribution in [0.3, 0.4) is 0 Å². The van der Waals surface area contributed by atoms with E-state index in [1.165, 1.54) is 0 Å². The van der Waals surface area contributed by atoms with E-state index in [0.29, 0.717) is 41.7 Å². The number of ether oxygens (including phenoxy) is 3. The van der Waals surface area contributed by atoms with E-state index in [1.807, 2.05) is 13.8 Å². The lowest BCUT2D eigenvalue weighted by atomic mass is 10.2. The molecule has 6 heteroatoms. The molecule has 0 fully saturated rings. The van der Waals surface area contributed by atoms with Crippen LogP contribution in [0.25, 0.3) is 0 Å². The second-order valence-corrected chi connectivity index (χ2v) is 6.22. The summed E-state index contributed by atoms with van der Waals surface area (Å²) in [6.07, 6.45) is 0.989. The van der Waals surface area contributed by atoms with Gasteiger partial charge >= 0.3 is 0 Å². The van der Waals surface area contributed by atoms with Crippen LogP contribution in [0.2, 0.25) is 0 Å². The standard InChI is InChI=1S/C22H26N2O4/c1-4-12-26-20-11-10-18(14-21(20)27-13-5-2)24-22(25)16(3)28-19-9-7-6-8-17(19)15-23/h6-11,14,16H,4-5,12-13H2,1-3H3,(H,24,25). The smallest absolute Gasteiger partial charge is 0.265 e. The van der Waals surface area contributed by atoms with Gasteiger partial charge in [-0.2, -0.15) is 5.26 Å². The van der Waals surface area contributed by atoms with Gasteiger partial charge in [0.05, 0.1) is 18.8 Å². The summed E-state index contributed by atoms with van der Waals surface area (Å²) in [7, 11) is 0. The quantitative estimate of drug-likeness (QED) is 0.652. The highest BCUT2D eigenvalue weighted by Gasteiger charge is 2.17. The maximum Gasteiger partial charge on any atom is 0.265 e. The highest BCUT2D eigenvalue weighted by molar-refractivity contribution is 5.94. The van der Waals surface area contributed by atoms with E-state index in [4.69, 9.17) is 19.5 Å². The fourth-order valence-electron chi connectivity index (χ4n) is 2.39. The van der Waals surface area contributed by atoms with E-state index < -0.39 is 6.10 Å². The first kappa shape index (κ1) is 21.1. The second kappa shape index (κ2) is 10.8. The number of rotatable bonds is 10. The second-order valence-electron chi connectivity index (χ2n) is 6.22. The van der Waals surface area contributed by atoms with Crippen LogP contribution in [0.1, 0.15) is 39.2 Å². The van der Waals surface area contributed by atoms with Crippen LogP contribution in [0.15, 0.2) is 42.5 Å². The number of anilines is 1. The zero-order valence-electron chi connectivity index (χ0n) is 16.5. The number of nitriles is 1. The summed E-state index contributed by atoms with van der Waals surface area (Å²) in [4.78, 5) is 12.5. The molecule has 0 heterocycles. The van der Waals surface area contributed by atoms with Crippen LogP contribution in [0.4, 0.5) is 5.69 Å². The van der Waals surface area contributed by atoms with E-state index >= 15 is 0 Å². The van der Waals surface area contributed by atoms with E-state index in [2.05, 4.69) is 11.4 Å². The topological polar surface area (TPSA) is 80.6 Å². The number of carbonyl (C=O) groups excluding carboxylic acids is 1. The minimum absolute atomic E-state index is 0.323. The third-order valence-corrected chi connectivity index (χ3v) is 3.82. The Balaban J connectivity index is 2.08. The molecule has 0 aliphatic heterocycles. The van der Waals surface area contributed by atoms with Crippen molar-refractivity contribution in [3.8, 4) is 23.3 Å². The molecule has 2 rings (SSSR count). The summed E-state index contributed by atoms with van der Waals surface area (Å²) in [6, 6.07) is 14.2. The molecule has 1 atom stereocenters. The van der Waals surface area contributed by atoms with Crippen molar-refractivity contribution in [1.29, 1.82) is 5.26 Å². The van der Waals surface area contributed by atoms with Gasteiger partial charge in [-0.25, -0.2) is 0 Å². The third-order valence-electron chi connectivity index (χ3n) is 3.82. The molecule has 6 nitrogen and oxygen atoms in total. The minimum atomic E-state index is -0.773. The molecular formula is C22H26N2O4. The van der Waals surface area contributed by atoms with Crippen LogP contribution in [0.5, 0.6) is 17.2 Å². The van der Waals surface area contributed by atoms with Crippen molar-refractivity contribution in [3.63, 3.8) is 0 Å². The largest absolute Gasteiger partial charge is 0.490 e. The Morgan fingerprint density at radius 1 is 1.04 bits per heavy atom. The van der Waals surface area contributed by atoms with Crippen molar-refractivity contribution in [1.82, 2.24) is 0 Å². The molecule has 28 heavy (non-hydrogen) atoms. The van der Waals surface area contributed by atoms with Crippen molar-refractivity contribution >= 4 is 11.6 Å². The number of carbonyl (C=O) groups is 1. The first-order chi connectivity index (χ1) is 13.6. The highest BCUT2D eigenvalue weighted by Crippen LogP contribution is 2.31. The van der Waals surface area contributed by atoms with Crippen LogP contribution in [-0.2, 0) is 4.79 Å². The maximum absolute atomic E-state index is 12.5. The Hall–Kier alpha value is -3.20. The molecule has 2 aromatic carbocycles. The van der Waals surface area contributed by atoms with Crippen molar-refractivity contribution in [2.75, 3.05) is 18.5 Å². The lowest BCUT2D eigenvalue weighted by Gasteiger charge is -2.17. The van der Waals surface area contributed by atoms with Gasteiger partial charge in [-0.3, -0.25) is 4.79 Å².